The van der Waals surface area contributed by atoms with Crippen molar-refractivity contribution in [3.05, 3.63) is 23.0 Å². The molecule has 0 atom stereocenters. The van der Waals surface area contributed by atoms with Crippen molar-refractivity contribution < 1.29 is 4.79 Å². The van der Waals surface area contributed by atoms with Gasteiger partial charge >= 0.3 is 0 Å². The minimum atomic E-state index is -0.609. The maximum Gasteiger partial charge on any atom is 0.244 e. The van der Waals surface area contributed by atoms with Gasteiger partial charge in [-0.25, -0.2) is 4.98 Å². The van der Waals surface area contributed by atoms with Gasteiger partial charge in [0.25, 0.3) is 0 Å². The summed E-state index contributed by atoms with van der Waals surface area (Å²) in [7, 11) is 0. The van der Waals surface area contributed by atoms with Crippen molar-refractivity contribution in [1.82, 2.24) is 10.3 Å². The fourth-order valence-corrected chi connectivity index (χ4v) is 1.54. The molecule has 1 amide bonds. The molecule has 0 spiro atoms. The van der Waals surface area contributed by atoms with Crippen molar-refractivity contribution in [3.63, 3.8) is 0 Å². The number of hydrogen-bond donors (Lipinski definition) is 2. The van der Waals surface area contributed by atoms with Gasteiger partial charge in [0.1, 0.15) is 5.15 Å². The van der Waals surface area contributed by atoms with Crippen LogP contribution < -0.4 is 10.6 Å². The van der Waals surface area contributed by atoms with Crippen LogP contribution in [-0.2, 0) is 4.79 Å². The Labute approximate surface area is 107 Å². The maximum atomic E-state index is 12.0. The number of pyridine rings is 1. The standard InChI is InChI=1S/C12H18ClN3O/c1-5-15-12(3,4)11(17)16-9-6-8(2)10(13)14-7-9/h6-7,15H,5H2,1-4H3,(H,16,17). The molecule has 1 aromatic rings. The predicted molar refractivity (Wildman–Crippen MR) is 70.4 cm³/mol. The molecular formula is C12H18ClN3O. The van der Waals surface area contributed by atoms with Gasteiger partial charge in [0.05, 0.1) is 17.4 Å². The fraction of sp³-hybridized carbons (Fsp3) is 0.500. The van der Waals surface area contributed by atoms with Gasteiger partial charge in [-0.1, -0.05) is 18.5 Å². The highest BCUT2D eigenvalue weighted by molar-refractivity contribution is 6.30. The third kappa shape index (κ3) is 3.68. The Balaban J connectivity index is 2.77. The highest BCUT2D eigenvalue weighted by atomic mass is 35.5. The second-order valence-corrected chi connectivity index (χ2v) is 4.80. The molecule has 0 aliphatic carbocycles. The molecule has 1 heterocycles. The first-order chi connectivity index (χ1) is 7.86. The SMILES string of the molecule is CCNC(C)(C)C(=O)Nc1cnc(Cl)c(C)c1. The Hall–Kier alpha value is -1.13. The molecule has 0 unspecified atom stereocenters. The van der Waals surface area contributed by atoms with Crippen LogP contribution in [0.1, 0.15) is 26.3 Å². The van der Waals surface area contributed by atoms with E-state index in [1.165, 1.54) is 0 Å². The number of anilines is 1. The topological polar surface area (TPSA) is 54.0 Å². The van der Waals surface area contributed by atoms with Crippen LogP contribution in [0.2, 0.25) is 5.15 Å². The normalized spacial score (nSPS) is 11.4. The van der Waals surface area contributed by atoms with Crippen LogP contribution in [0.3, 0.4) is 0 Å². The van der Waals surface area contributed by atoms with E-state index in [4.69, 9.17) is 11.6 Å². The van der Waals surface area contributed by atoms with Crippen molar-refractivity contribution in [2.45, 2.75) is 33.2 Å². The average Bonchev–Trinajstić information content (AvgIpc) is 2.23. The molecule has 0 aromatic carbocycles. The molecule has 4 nitrogen and oxygen atoms in total. The summed E-state index contributed by atoms with van der Waals surface area (Å²) >= 11 is 5.82. The lowest BCUT2D eigenvalue weighted by molar-refractivity contribution is -0.121. The lowest BCUT2D eigenvalue weighted by Gasteiger charge is -2.24. The van der Waals surface area contributed by atoms with Crippen molar-refractivity contribution in [3.8, 4) is 0 Å². The van der Waals surface area contributed by atoms with E-state index in [-0.39, 0.29) is 5.91 Å². The number of nitrogens with one attached hydrogen (secondary N) is 2. The number of aryl methyl sites for hydroxylation is 1. The molecule has 2 N–H and O–H groups in total. The van der Waals surface area contributed by atoms with Crippen LogP contribution in [0.4, 0.5) is 5.69 Å². The number of hydrogen-bond acceptors (Lipinski definition) is 3. The first-order valence-electron chi connectivity index (χ1n) is 5.55. The largest absolute Gasteiger partial charge is 0.323 e. The molecular weight excluding hydrogens is 238 g/mol. The molecule has 5 heteroatoms. The van der Waals surface area contributed by atoms with Crippen molar-refractivity contribution in [2.24, 2.45) is 0 Å². The summed E-state index contributed by atoms with van der Waals surface area (Å²) < 4.78 is 0. The van der Waals surface area contributed by atoms with Gasteiger partial charge in [-0.15, -0.1) is 0 Å². The van der Waals surface area contributed by atoms with E-state index in [1.807, 2.05) is 27.7 Å². The van der Waals surface area contributed by atoms with Gasteiger partial charge in [-0.05, 0) is 38.9 Å². The Morgan fingerprint density at radius 2 is 2.18 bits per heavy atom. The zero-order chi connectivity index (χ0) is 13.1. The molecule has 0 saturated carbocycles. The van der Waals surface area contributed by atoms with Gasteiger partial charge in [0.15, 0.2) is 0 Å². The molecule has 94 valence electrons. The molecule has 17 heavy (non-hydrogen) atoms. The number of carbonyl (C=O) groups excluding carboxylic acids is 1. The van der Waals surface area contributed by atoms with Gasteiger partial charge in [0.2, 0.25) is 5.91 Å². The fourth-order valence-electron chi connectivity index (χ4n) is 1.44. The van der Waals surface area contributed by atoms with E-state index in [0.29, 0.717) is 10.8 Å². The Bertz CT molecular complexity index is 418. The first-order valence-corrected chi connectivity index (χ1v) is 5.93. The number of rotatable bonds is 4. The Morgan fingerprint density at radius 3 is 2.71 bits per heavy atom. The summed E-state index contributed by atoms with van der Waals surface area (Å²) in [6, 6.07) is 1.80. The van der Waals surface area contributed by atoms with Crippen LogP contribution in [0.15, 0.2) is 12.3 Å². The van der Waals surface area contributed by atoms with Gasteiger partial charge in [-0.2, -0.15) is 0 Å². The Kier molecular flexibility index (Phi) is 4.48. The highest BCUT2D eigenvalue weighted by Gasteiger charge is 2.26. The number of likely N-dealkylation sites (N-methyl/N-ethyl adjacent to an activating group) is 1. The molecule has 0 fully saturated rings. The molecule has 1 aromatic heterocycles. The van der Waals surface area contributed by atoms with E-state index in [2.05, 4.69) is 15.6 Å². The summed E-state index contributed by atoms with van der Waals surface area (Å²) in [4.78, 5) is 16.0. The maximum absolute atomic E-state index is 12.0. The second-order valence-electron chi connectivity index (χ2n) is 4.44. The second kappa shape index (κ2) is 5.47. The van der Waals surface area contributed by atoms with E-state index >= 15 is 0 Å². The molecule has 0 radical (unpaired) electrons. The van der Waals surface area contributed by atoms with Crippen LogP contribution >= 0.6 is 11.6 Å². The minimum Gasteiger partial charge on any atom is -0.323 e. The van der Waals surface area contributed by atoms with Crippen LogP contribution in [0.25, 0.3) is 0 Å². The number of halogens is 1. The summed E-state index contributed by atoms with van der Waals surface area (Å²) in [5, 5.41) is 6.37. The lowest BCUT2D eigenvalue weighted by atomic mass is 10.0. The first kappa shape index (κ1) is 13.9. The zero-order valence-corrected chi connectivity index (χ0v) is 11.4. The number of nitrogens with zero attached hydrogens (tertiary/aromatic N) is 1. The number of amides is 1. The van der Waals surface area contributed by atoms with Gasteiger partial charge < -0.3 is 10.6 Å². The monoisotopic (exact) mass is 255 g/mol. The summed E-state index contributed by atoms with van der Waals surface area (Å²) in [6.07, 6.45) is 1.55. The lowest BCUT2D eigenvalue weighted by Crippen LogP contribution is -2.49. The van der Waals surface area contributed by atoms with E-state index < -0.39 is 5.54 Å². The third-order valence-corrected chi connectivity index (χ3v) is 2.85. The molecule has 0 aliphatic rings. The van der Waals surface area contributed by atoms with E-state index in [1.54, 1.807) is 12.3 Å². The molecule has 1 rings (SSSR count). The molecule has 0 bridgehead atoms. The predicted octanol–water partition coefficient (Wildman–Crippen LogP) is 2.37. The number of aromatic nitrogens is 1. The molecule has 0 saturated heterocycles. The van der Waals surface area contributed by atoms with Crippen LogP contribution in [0, 0.1) is 6.92 Å². The molecule has 0 aliphatic heterocycles. The third-order valence-electron chi connectivity index (χ3n) is 2.46. The summed E-state index contributed by atoms with van der Waals surface area (Å²) in [5.74, 6) is -0.0946. The van der Waals surface area contributed by atoms with Crippen LogP contribution in [-0.4, -0.2) is 23.0 Å². The average molecular weight is 256 g/mol. The van der Waals surface area contributed by atoms with E-state index in [0.717, 1.165) is 12.1 Å². The van der Waals surface area contributed by atoms with E-state index in [9.17, 15) is 4.79 Å². The summed E-state index contributed by atoms with van der Waals surface area (Å²) in [5.41, 5.74) is 0.885. The van der Waals surface area contributed by atoms with Crippen LogP contribution in [0.5, 0.6) is 0 Å². The van der Waals surface area contributed by atoms with Crippen molar-refractivity contribution >= 4 is 23.2 Å². The van der Waals surface area contributed by atoms with Gasteiger partial charge in [0, 0.05) is 0 Å². The highest BCUT2D eigenvalue weighted by Crippen LogP contribution is 2.17. The van der Waals surface area contributed by atoms with Gasteiger partial charge in [-0.3, -0.25) is 4.79 Å². The smallest absolute Gasteiger partial charge is 0.244 e. The number of carbonyl (C=O) groups is 1. The van der Waals surface area contributed by atoms with Crippen molar-refractivity contribution in [2.75, 3.05) is 11.9 Å². The summed E-state index contributed by atoms with van der Waals surface area (Å²) in [6.45, 7) is 8.21. The van der Waals surface area contributed by atoms with Crippen molar-refractivity contribution in [1.29, 1.82) is 0 Å². The quantitative estimate of drug-likeness (QED) is 0.813. The Morgan fingerprint density at radius 1 is 1.53 bits per heavy atom. The zero-order valence-electron chi connectivity index (χ0n) is 10.6. The minimum absolute atomic E-state index is 0.0946.